The van der Waals surface area contributed by atoms with Gasteiger partial charge in [-0.25, -0.2) is 0 Å². The van der Waals surface area contributed by atoms with Crippen molar-refractivity contribution in [3.8, 4) is 0 Å². The first kappa shape index (κ1) is 15.8. The molecule has 2 atom stereocenters. The molecule has 4 nitrogen and oxygen atoms in total. The minimum absolute atomic E-state index is 0.130. The number of benzene rings is 1. The van der Waals surface area contributed by atoms with Crippen molar-refractivity contribution < 1.29 is 14.3 Å². The number of nitrogens with zero attached hydrogens (tertiary/aromatic N) is 1. The molecule has 2 aliphatic rings. The molecule has 1 aromatic carbocycles. The average Bonchev–Trinajstić information content (AvgIpc) is 3.06. The minimum Gasteiger partial charge on any atom is -0.378 e. The molecular formula is C17H22ClNO3. The summed E-state index contributed by atoms with van der Waals surface area (Å²) in [5.41, 5.74) is 0.959. The molecule has 0 aromatic heterocycles. The summed E-state index contributed by atoms with van der Waals surface area (Å²) in [5, 5.41) is 0.696. The molecule has 0 saturated carbocycles. The largest absolute Gasteiger partial charge is 0.378 e. The Balaban J connectivity index is 1.55. The number of rotatable bonds is 4. The Kier molecular flexibility index (Phi) is 5.34. The monoisotopic (exact) mass is 323 g/mol. The third-order valence-electron chi connectivity index (χ3n) is 4.38. The molecule has 0 aliphatic carbocycles. The Hall–Kier alpha value is -1.10. The topological polar surface area (TPSA) is 38.8 Å². The first-order chi connectivity index (χ1) is 10.7. The van der Waals surface area contributed by atoms with Gasteiger partial charge in [-0.15, -0.1) is 0 Å². The second-order valence-corrected chi connectivity index (χ2v) is 6.30. The van der Waals surface area contributed by atoms with Gasteiger partial charge in [0.2, 0.25) is 5.91 Å². The van der Waals surface area contributed by atoms with E-state index in [9.17, 15) is 4.79 Å². The number of amides is 1. The minimum atomic E-state index is -0.130. The van der Waals surface area contributed by atoms with Crippen LogP contribution in [0.2, 0.25) is 5.02 Å². The number of hydrogen-bond donors (Lipinski definition) is 0. The van der Waals surface area contributed by atoms with Crippen molar-refractivity contribution in [3.05, 3.63) is 34.9 Å². The van der Waals surface area contributed by atoms with Crippen LogP contribution < -0.4 is 0 Å². The summed E-state index contributed by atoms with van der Waals surface area (Å²) in [6, 6.07) is 7.67. The van der Waals surface area contributed by atoms with Crippen molar-refractivity contribution in [3.63, 3.8) is 0 Å². The zero-order chi connectivity index (χ0) is 15.4. The number of carbonyl (C=O) groups excluding carboxylic acids is 1. The number of carbonyl (C=O) groups is 1. The number of hydrogen-bond acceptors (Lipinski definition) is 3. The lowest BCUT2D eigenvalue weighted by Crippen LogP contribution is -2.42. The maximum Gasteiger partial charge on any atom is 0.222 e. The van der Waals surface area contributed by atoms with Gasteiger partial charge in [-0.1, -0.05) is 29.8 Å². The molecule has 0 bridgehead atoms. The predicted octanol–water partition coefficient (Wildman–Crippen LogP) is 3.20. The van der Waals surface area contributed by atoms with Crippen LogP contribution in [0.4, 0.5) is 0 Å². The van der Waals surface area contributed by atoms with Crippen LogP contribution in [0.5, 0.6) is 0 Å². The predicted molar refractivity (Wildman–Crippen MR) is 84.9 cm³/mol. The van der Waals surface area contributed by atoms with Gasteiger partial charge in [0.25, 0.3) is 0 Å². The second-order valence-electron chi connectivity index (χ2n) is 5.89. The highest BCUT2D eigenvalue weighted by molar-refractivity contribution is 6.31. The molecule has 0 N–H and O–H groups in total. The van der Waals surface area contributed by atoms with Crippen LogP contribution >= 0.6 is 11.6 Å². The zero-order valence-corrected chi connectivity index (χ0v) is 13.4. The van der Waals surface area contributed by atoms with E-state index >= 15 is 0 Å². The summed E-state index contributed by atoms with van der Waals surface area (Å²) in [7, 11) is 0. The summed E-state index contributed by atoms with van der Waals surface area (Å²) in [5.74, 6) is 0.191. The molecule has 0 unspecified atom stereocenters. The SMILES string of the molecule is O=C(CC[C@@H]1CCCO1)N1CCO[C@@H](c2ccccc2Cl)C1. The van der Waals surface area contributed by atoms with Gasteiger partial charge in [0.05, 0.1) is 19.3 Å². The highest BCUT2D eigenvalue weighted by Gasteiger charge is 2.27. The molecule has 2 fully saturated rings. The van der Waals surface area contributed by atoms with E-state index in [0.717, 1.165) is 31.4 Å². The van der Waals surface area contributed by atoms with E-state index in [0.29, 0.717) is 31.1 Å². The molecule has 2 saturated heterocycles. The molecule has 22 heavy (non-hydrogen) atoms. The van der Waals surface area contributed by atoms with Gasteiger partial charge in [0, 0.05) is 30.2 Å². The Morgan fingerprint density at radius 1 is 1.27 bits per heavy atom. The van der Waals surface area contributed by atoms with Gasteiger partial charge in [-0.2, -0.15) is 0 Å². The molecule has 0 spiro atoms. The molecule has 2 heterocycles. The first-order valence-electron chi connectivity index (χ1n) is 7.99. The van der Waals surface area contributed by atoms with Gasteiger partial charge in [-0.3, -0.25) is 4.79 Å². The second kappa shape index (κ2) is 7.44. The molecule has 2 aliphatic heterocycles. The van der Waals surface area contributed by atoms with Crippen molar-refractivity contribution in [2.45, 2.75) is 37.9 Å². The third kappa shape index (κ3) is 3.80. The van der Waals surface area contributed by atoms with Crippen LogP contribution in [-0.4, -0.2) is 43.2 Å². The van der Waals surface area contributed by atoms with Crippen LogP contribution in [0.15, 0.2) is 24.3 Å². The van der Waals surface area contributed by atoms with E-state index in [1.807, 2.05) is 29.2 Å². The van der Waals surface area contributed by atoms with Gasteiger partial charge in [-0.05, 0) is 25.3 Å². The summed E-state index contributed by atoms with van der Waals surface area (Å²) >= 11 is 6.23. The van der Waals surface area contributed by atoms with Gasteiger partial charge >= 0.3 is 0 Å². The number of morpholine rings is 1. The van der Waals surface area contributed by atoms with Crippen LogP contribution in [-0.2, 0) is 14.3 Å². The average molecular weight is 324 g/mol. The summed E-state index contributed by atoms with van der Waals surface area (Å²) in [6.07, 6.45) is 3.72. The molecular weight excluding hydrogens is 302 g/mol. The summed E-state index contributed by atoms with van der Waals surface area (Å²) in [6.45, 7) is 2.63. The molecule has 5 heteroatoms. The number of ether oxygens (including phenoxy) is 2. The number of halogens is 1. The lowest BCUT2D eigenvalue weighted by molar-refractivity contribution is -0.139. The van der Waals surface area contributed by atoms with E-state index in [1.165, 1.54) is 0 Å². The van der Waals surface area contributed by atoms with Gasteiger partial charge in [0.15, 0.2) is 0 Å². The molecule has 1 amide bonds. The fraction of sp³-hybridized carbons (Fsp3) is 0.588. The van der Waals surface area contributed by atoms with Crippen molar-refractivity contribution >= 4 is 17.5 Å². The standard InChI is InChI=1S/C17H22ClNO3/c18-15-6-2-1-5-14(15)16-12-19(9-11-22-16)17(20)8-7-13-4-3-10-21-13/h1-2,5-6,13,16H,3-4,7-12H2/t13-,16+/m0/s1. The third-order valence-corrected chi connectivity index (χ3v) is 4.72. The van der Waals surface area contributed by atoms with E-state index in [4.69, 9.17) is 21.1 Å². The highest BCUT2D eigenvalue weighted by Crippen LogP contribution is 2.28. The normalized spacial score (nSPS) is 25.4. The highest BCUT2D eigenvalue weighted by atomic mass is 35.5. The Morgan fingerprint density at radius 2 is 2.14 bits per heavy atom. The van der Waals surface area contributed by atoms with E-state index in [1.54, 1.807) is 0 Å². The van der Waals surface area contributed by atoms with Gasteiger partial charge < -0.3 is 14.4 Å². The van der Waals surface area contributed by atoms with Crippen molar-refractivity contribution in [1.82, 2.24) is 4.90 Å². The zero-order valence-electron chi connectivity index (χ0n) is 12.7. The molecule has 1 aromatic rings. The van der Waals surface area contributed by atoms with E-state index in [2.05, 4.69) is 0 Å². The molecule has 120 valence electrons. The Labute approximate surface area is 136 Å². The molecule has 3 rings (SSSR count). The fourth-order valence-corrected chi connectivity index (χ4v) is 3.37. The molecule has 0 radical (unpaired) electrons. The van der Waals surface area contributed by atoms with Crippen LogP contribution in [0.1, 0.15) is 37.4 Å². The van der Waals surface area contributed by atoms with Crippen LogP contribution in [0.25, 0.3) is 0 Å². The first-order valence-corrected chi connectivity index (χ1v) is 8.37. The van der Waals surface area contributed by atoms with E-state index in [-0.39, 0.29) is 18.1 Å². The van der Waals surface area contributed by atoms with Crippen LogP contribution in [0.3, 0.4) is 0 Å². The van der Waals surface area contributed by atoms with E-state index < -0.39 is 0 Å². The van der Waals surface area contributed by atoms with Crippen molar-refractivity contribution in [2.75, 3.05) is 26.3 Å². The quantitative estimate of drug-likeness (QED) is 0.854. The van der Waals surface area contributed by atoms with Crippen molar-refractivity contribution in [2.24, 2.45) is 0 Å². The summed E-state index contributed by atoms with van der Waals surface area (Å²) < 4.78 is 11.4. The maximum absolute atomic E-state index is 12.4. The lowest BCUT2D eigenvalue weighted by Gasteiger charge is -2.33. The Bertz CT molecular complexity index is 516. The Morgan fingerprint density at radius 3 is 2.91 bits per heavy atom. The van der Waals surface area contributed by atoms with Crippen LogP contribution in [0, 0.1) is 0 Å². The summed E-state index contributed by atoms with van der Waals surface area (Å²) in [4.78, 5) is 14.3. The van der Waals surface area contributed by atoms with Crippen molar-refractivity contribution in [1.29, 1.82) is 0 Å². The van der Waals surface area contributed by atoms with Gasteiger partial charge in [0.1, 0.15) is 6.10 Å². The maximum atomic E-state index is 12.4. The lowest BCUT2D eigenvalue weighted by atomic mass is 10.1. The smallest absolute Gasteiger partial charge is 0.222 e. The fourth-order valence-electron chi connectivity index (χ4n) is 3.11.